The van der Waals surface area contributed by atoms with Gasteiger partial charge in [-0.25, -0.2) is 4.79 Å². The van der Waals surface area contributed by atoms with Crippen molar-refractivity contribution in [2.24, 2.45) is 0 Å². The number of aromatic amines is 2. The molecule has 0 saturated carbocycles. The monoisotopic (exact) mass is 387 g/mol. The first kappa shape index (κ1) is 18.6. The van der Waals surface area contributed by atoms with Gasteiger partial charge in [-0.1, -0.05) is 30.0 Å². The van der Waals surface area contributed by atoms with E-state index in [1.165, 1.54) is 0 Å². The molecule has 27 heavy (non-hydrogen) atoms. The SMILES string of the molecule is Cc1[nH]c(=O)[nH]c(=O)c1Cc1nnc(SCC(=O)N(C)c2ccccc2)o1. The summed E-state index contributed by atoms with van der Waals surface area (Å²) in [4.78, 5) is 41.6. The zero-order valence-electron chi connectivity index (χ0n) is 14.7. The van der Waals surface area contributed by atoms with Crippen molar-refractivity contribution in [2.45, 2.75) is 18.6 Å². The van der Waals surface area contributed by atoms with E-state index in [-0.39, 0.29) is 29.2 Å². The molecule has 3 rings (SSSR count). The van der Waals surface area contributed by atoms with E-state index in [9.17, 15) is 14.4 Å². The minimum atomic E-state index is -0.566. The van der Waals surface area contributed by atoms with Gasteiger partial charge in [-0.3, -0.25) is 14.6 Å². The molecule has 0 saturated heterocycles. The standard InChI is InChI=1S/C17H17N5O4S/c1-10-12(15(24)19-16(25)18-10)8-13-20-21-17(26-13)27-9-14(23)22(2)11-6-4-3-5-7-11/h3-7H,8-9H2,1-2H3,(H2,18,19,24,25). The summed E-state index contributed by atoms with van der Waals surface area (Å²) in [5.41, 5.74) is 0.514. The lowest BCUT2D eigenvalue weighted by atomic mass is 10.2. The molecule has 3 aromatic rings. The van der Waals surface area contributed by atoms with Crippen LogP contribution in [0.1, 0.15) is 17.1 Å². The quantitative estimate of drug-likeness (QED) is 0.607. The van der Waals surface area contributed by atoms with Crippen LogP contribution in [0.15, 0.2) is 49.6 Å². The molecule has 0 radical (unpaired) electrons. The Balaban J connectivity index is 1.62. The molecule has 0 aliphatic heterocycles. The third kappa shape index (κ3) is 4.53. The predicted octanol–water partition coefficient (Wildman–Crippen LogP) is 1.10. The highest BCUT2D eigenvalue weighted by Gasteiger charge is 2.16. The number of carbonyl (C=O) groups is 1. The van der Waals surface area contributed by atoms with E-state index in [2.05, 4.69) is 20.2 Å². The first-order chi connectivity index (χ1) is 12.9. The van der Waals surface area contributed by atoms with E-state index in [1.54, 1.807) is 18.9 Å². The van der Waals surface area contributed by atoms with Gasteiger partial charge in [0.2, 0.25) is 11.8 Å². The number of aryl methyl sites for hydroxylation is 1. The zero-order chi connectivity index (χ0) is 19.4. The number of carbonyl (C=O) groups excluding carboxylic acids is 1. The van der Waals surface area contributed by atoms with Crippen LogP contribution in [0.3, 0.4) is 0 Å². The summed E-state index contributed by atoms with van der Waals surface area (Å²) in [6.45, 7) is 1.62. The van der Waals surface area contributed by atoms with Crippen molar-refractivity contribution in [1.82, 2.24) is 20.2 Å². The first-order valence-corrected chi connectivity index (χ1v) is 9.01. The van der Waals surface area contributed by atoms with Crippen molar-refractivity contribution in [3.8, 4) is 0 Å². The second-order valence-electron chi connectivity index (χ2n) is 5.73. The molecule has 0 aliphatic rings. The molecule has 0 bridgehead atoms. The predicted molar refractivity (Wildman–Crippen MR) is 100 cm³/mol. The third-order valence-electron chi connectivity index (χ3n) is 3.87. The number of thioether (sulfide) groups is 1. The van der Waals surface area contributed by atoms with Crippen LogP contribution in [0.5, 0.6) is 0 Å². The molecule has 2 N–H and O–H groups in total. The molecule has 0 fully saturated rings. The molecule has 0 spiro atoms. The summed E-state index contributed by atoms with van der Waals surface area (Å²) in [7, 11) is 1.70. The third-order valence-corrected chi connectivity index (χ3v) is 4.67. The van der Waals surface area contributed by atoms with Crippen molar-refractivity contribution < 1.29 is 9.21 Å². The van der Waals surface area contributed by atoms with E-state index in [0.29, 0.717) is 11.3 Å². The molecule has 0 atom stereocenters. The van der Waals surface area contributed by atoms with Crippen molar-refractivity contribution in [1.29, 1.82) is 0 Å². The Bertz CT molecular complexity index is 1060. The maximum atomic E-state index is 12.3. The summed E-state index contributed by atoms with van der Waals surface area (Å²) >= 11 is 1.12. The van der Waals surface area contributed by atoms with Gasteiger partial charge in [0, 0.05) is 24.0 Å². The molecule has 0 aliphatic carbocycles. The van der Waals surface area contributed by atoms with Crippen LogP contribution in [0.25, 0.3) is 0 Å². The fourth-order valence-electron chi connectivity index (χ4n) is 2.37. The Morgan fingerprint density at radius 1 is 1.19 bits per heavy atom. The fraction of sp³-hybridized carbons (Fsp3) is 0.235. The van der Waals surface area contributed by atoms with E-state index in [0.717, 1.165) is 17.4 Å². The lowest BCUT2D eigenvalue weighted by molar-refractivity contribution is -0.115. The number of H-pyrrole nitrogens is 2. The summed E-state index contributed by atoms with van der Waals surface area (Å²) in [6, 6.07) is 9.29. The molecule has 2 aromatic heterocycles. The van der Waals surface area contributed by atoms with Crippen LogP contribution < -0.4 is 16.1 Å². The van der Waals surface area contributed by atoms with Gasteiger partial charge in [0.15, 0.2) is 0 Å². The van der Waals surface area contributed by atoms with E-state index < -0.39 is 11.2 Å². The summed E-state index contributed by atoms with van der Waals surface area (Å²) < 4.78 is 5.49. The molecule has 140 valence electrons. The van der Waals surface area contributed by atoms with Crippen LogP contribution in [-0.4, -0.2) is 38.9 Å². The van der Waals surface area contributed by atoms with Gasteiger partial charge < -0.3 is 14.3 Å². The smallest absolute Gasteiger partial charge is 0.325 e. The largest absolute Gasteiger partial charge is 0.416 e. The number of aromatic nitrogens is 4. The molecule has 0 unspecified atom stereocenters. The fourth-order valence-corrected chi connectivity index (χ4v) is 3.07. The van der Waals surface area contributed by atoms with Crippen molar-refractivity contribution in [2.75, 3.05) is 17.7 Å². The summed E-state index contributed by atoms with van der Waals surface area (Å²) in [5.74, 6) is 0.242. The van der Waals surface area contributed by atoms with Gasteiger partial charge in [-0.15, -0.1) is 10.2 Å². The highest BCUT2D eigenvalue weighted by atomic mass is 32.2. The van der Waals surface area contributed by atoms with Crippen LogP contribution in [0.2, 0.25) is 0 Å². The average Bonchev–Trinajstić information content (AvgIpc) is 3.10. The zero-order valence-corrected chi connectivity index (χ0v) is 15.5. The minimum Gasteiger partial charge on any atom is -0.416 e. The number of nitrogens with zero attached hydrogens (tertiary/aromatic N) is 3. The summed E-state index contributed by atoms with van der Waals surface area (Å²) in [5, 5.41) is 8.01. The topological polar surface area (TPSA) is 125 Å². The second-order valence-corrected chi connectivity index (χ2v) is 6.65. The number of para-hydroxylation sites is 1. The highest BCUT2D eigenvalue weighted by Crippen LogP contribution is 2.19. The van der Waals surface area contributed by atoms with Crippen molar-refractivity contribution in [3.63, 3.8) is 0 Å². The number of benzene rings is 1. The highest BCUT2D eigenvalue weighted by molar-refractivity contribution is 7.99. The van der Waals surface area contributed by atoms with Gasteiger partial charge >= 0.3 is 5.69 Å². The Labute approximate surface area is 157 Å². The second kappa shape index (κ2) is 8.04. The molecule has 10 heteroatoms. The van der Waals surface area contributed by atoms with Crippen LogP contribution in [0, 0.1) is 6.92 Å². The lowest BCUT2D eigenvalue weighted by Crippen LogP contribution is -2.27. The normalized spacial score (nSPS) is 10.7. The van der Waals surface area contributed by atoms with Gasteiger partial charge in [0.1, 0.15) is 0 Å². The number of hydrogen-bond donors (Lipinski definition) is 2. The van der Waals surface area contributed by atoms with Gasteiger partial charge in [-0.05, 0) is 19.1 Å². The van der Waals surface area contributed by atoms with Crippen molar-refractivity contribution >= 4 is 23.4 Å². The van der Waals surface area contributed by atoms with E-state index in [4.69, 9.17) is 4.42 Å². The van der Waals surface area contributed by atoms with Crippen LogP contribution in [-0.2, 0) is 11.2 Å². The Hall–Kier alpha value is -3.14. The molecular formula is C17H17N5O4S. The van der Waals surface area contributed by atoms with Crippen LogP contribution >= 0.6 is 11.8 Å². The molecular weight excluding hydrogens is 370 g/mol. The molecule has 1 amide bonds. The Kier molecular flexibility index (Phi) is 5.55. The number of amides is 1. The number of anilines is 1. The van der Waals surface area contributed by atoms with E-state index in [1.807, 2.05) is 30.3 Å². The van der Waals surface area contributed by atoms with Gasteiger partial charge in [0.25, 0.3) is 10.8 Å². The van der Waals surface area contributed by atoms with Gasteiger partial charge in [0.05, 0.1) is 12.2 Å². The Morgan fingerprint density at radius 3 is 2.63 bits per heavy atom. The molecule has 1 aromatic carbocycles. The minimum absolute atomic E-state index is 0.0867. The number of nitrogens with one attached hydrogen (secondary N) is 2. The van der Waals surface area contributed by atoms with E-state index >= 15 is 0 Å². The maximum absolute atomic E-state index is 12.3. The maximum Gasteiger partial charge on any atom is 0.325 e. The Morgan fingerprint density at radius 2 is 1.93 bits per heavy atom. The molecule has 9 nitrogen and oxygen atoms in total. The first-order valence-electron chi connectivity index (χ1n) is 8.03. The number of rotatable bonds is 6. The average molecular weight is 387 g/mol. The van der Waals surface area contributed by atoms with Gasteiger partial charge in [-0.2, -0.15) is 0 Å². The lowest BCUT2D eigenvalue weighted by Gasteiger charge is -2.16. The molecule has 2 heterocycles. The summed E-state index contributed by atoms with van der Waals surface area (Å²) in [6.07, 6.45) is 0.0867. The number of hydrogen-bond acceptors (Lipinski definition) is 7. The van der Waals surface area contributed by atoms with Crippen LogP contribution in [0.4, 0.5) is 5.69 Å². The van der Waals surface area contributed by atoms with Crippen molar-refractivity contribution in [3.05, 3.63) is 68.3 Å².